The Bertz CT molecular complexity index is 732. The Kier molecular flexibility index (Phi) is 12.3. The number of benzene rings is 1. The molecule has 8 N–H and O–H groups in total. The quantitative estimate of drug-likeness (QED) is 0.397. The van der Waals surface area contributed by atoms with Crippen molar-refractivity contribution in [1.29, 1.82) is 0 Å². The number of likely N-dealkylation sites (N-methyl/N-ethyl adjacent to an activating group) is 1. The Morgan fingerprint density at radius 2 is 1.71 bits per heavy atom. The normalized spacial score (nSPS) is 10.3. The summed E-state index contributed by atoms with van der Waals surface area (Å²) >= 11 is 0. The third-order valence-electron chi connectivity index (χ3n) is 3.36. The van der Waals surface area contributed by atoms with Gasteiger partial charge in [0.25, 0.3) is 0 Å². The van der Waals surface area contributed by atoms with Gasteiger partial charge in [-0.25, -0.2) is 4.98 Å². The van der Waals surface area contributed by atoms with E-state index in [1.54, 1.807) is 17.0 Å². The molecule has 0 fully saturated rings. The molecule has 1 aromatic carbocycles. The molecule has 154 valence electrons. The summed E-state index contributed by atoms with van der Waals surface area (Å²) in [6, 6.07) is 8.42. The number of amides is 3. The number of nitrogens with one attached hydrogen (secondary N) is 2. The van der Waals surface area contributed by atoms with Gasteiger partial charge in [-0.2, -0.15) is 0 Å². The van der Waals surface area contributed by atoms with Crippen molar-refractivity contribution in [1.82, 2.24) is 20.2 Å². The molecule has 0 radical (unpaired) electrons. The number of carbonyl (C=O) groups is 3. The van der Waals surface area contributed by atoms with Gasteiger partial charge in [0.1, 0.15) is 18.4 Å². The van der Waals surface area contributed by atoms with E-state index in [-0.39, 0.29) is 13.0 Å². The standard InChI is InChI=1S/C16H19N5O3.2CH5N/c1-18-16(24)12(9-13(17)22)20-14(23)10-21-8-7-19-15(21)11-5-3-2-4-6-11;2*1-2/h2-8,12H,9-10H2,1H3,(H2,17,22)(H,18,24)(H,20,23);2*2H2,1H3/t12-;;/m0../s1. The van der Waals surface area contributed by atoms with Crippen LogP contribution in [0.25, 0.3) is 11.4 Å². The smallest absolute Gasteiger partial charge is 0.242 e. The van der Waals surface area contributed by atoms with Gasteiger partial charge in [-0.05, 0) is 14.1 Å². The fourth-order valence-electron chi connectivity index (χ4n) is 2.26. The van der Waals surface area contributed by atoms with Crippen molar-refractivity contribution in [2.45, 2.75) is 19.0 Å². The summed E-state index contributed by atoms with van der Waals surface area (Å²) in [5, 5.41) is 4.91. The zero-order chi connectivity index (χ0) is 21.5. The summed E-state index contributed by atoms with van der Waals surface area (Å²) < 4.78 is 1.66. The van der Waals surface area contributed by atoms with Crippen molar-refractivity contribution in [3.63, 3.8) is 0 Å². The van der Waals surface area contributed by atoms with Crippen LogP contribution in [0.2, 0.25) is 0 Å². The minimum absolute atomic E-state index is 0.0313. The molecule has 2 aromatic rings. The average molecular weight is 391 g/mol. The van der Waals surface area contributed by atoms with Gasteiger partial charge < -0.3 is 32.4 Å². The number of imidazole rings is 1. The second-order valence-electron chi connectivity index (χ2n) is 5.15. The van der Waals surface area contributed by atoms with Gasteiger partial charge >= 0.3 is 0 Å². The molecule has 10 heteroatoms. The Morgan fingerprint density at radius 1 is 1.11 bits per heavy atom. The van der Waals surface area contributed by atoms with Crippen LogP contribution in [0, 0.1) is 0 Å². The van der Waals surface area contributed by atoms with E-state index in [0.717, 1.165) is 5.56 Å². The van der Waals surface area contributed by atoms with Crippen molar-refractivity contribution < 1.29 is 14.4 Å². The van der Waals surface area contributed by atoms with Crippen LogP contribution >= 0.6 is 0 Å². The van der Waals surface area contributed by atoms with Crippen LogP contribution < -0.4 is 27.8 Å². The van der Waals surface area contributed by atoms with Gasteiger partial charge in [-0.3, -0.25) is 14.4 Å². The molecule has 0 saturated heterocycles. The highest BCUT2D eigenvalue weighted by Gasteiger charge is 2.22. The van der Waals surface area contributed by atoms with Crippen LogP contribution in [0.15, 0.2) is 42.7 Å². The van der Waals surface area contributed by atoms with E-state index in [4.69, 9.17) is 5.73 Å². The molecule has 3 amide bonds. The van der Waals surface area contributed by atoms with E-state index in [9.17, 15) is 14.4 Å². The predicted molar refractivity (Wildman–Crippen MR) is 108 cm³/mol. The largest absolute Gasteiger partial charge is 0.370 e. The van der Waals surface area contributed by atoms with Gasteiger partial charge in [0.15, 0.2) is 0 Å². The van der Waals surface area contributed by atoms with Crippen molar-refractivity contribution in [3.8, 4) is 11.4 Å². The first-order chi connectivity index (χ1) is 13.5. The Hall–Kier alpha value is -3.24. The number of aromatic nitrogens is 2. The summed E-state index contributed by atoms with van der Waals surface area (Å²) in [4.78, 5) is 39.2. The molecule has 1 atom stereocenters. The van der Waals surface area contributed by atoms with Crippen LogP contribution in [-0.2, 0) is 20.9 Å². The van der Waals surface area contributed by atoms with Crippen molar-refractivity contribution in [2.24, 2.45) is 17.2 Å². The minimum atomic E-state index is -0.997. The molecule has 1 aromatic heterocycles. The maximum absolute atomic E-state index is 12.2. The molecular formula is C18H29N7O3. The van der Waals surface area contributed by atoms with Gasteiger partial charge in [0, 0.05) is 25.0 Å². The summed E-state index contributed by atoms with van der Waals surface area (Å²) in [6.07, 6.45) is 3.00. The molecule has 1 heterocycles. The van der Waals surface area contributed by atoms with Crippen molar-refractivity contribution in [2.75, 3.05) is 21.1 Å². The minimum Gasteiger partial charge on any atom is -0.370 e. The number of carbonyl (C=O) groups excluding carboxylic acids is 3. The van der Waals surface area contributed by atoms with Crippen molar-refractivity contribution in [3.05, 3.63) is 42.7 Å². The molecule has 0 aliphatic rings. The highest BCUT2D eigenvalue weighted by molar-refractivity contribution is 5.91. The Morgan fingerprint density at radius 3 is 2.25 bits per heavy atom. The lowest BCUT2D eigenvalue weighted by molar-refractivity contribution is -0.131. The van der Waals surface area contributed by atoms with E-state index in [1.807, 2.05) is 30.3 Å². The highest BCUT2D eigenvalue weighted by atomic mass is 16.2. The maximum Gasteiger partial charge on any atom is 0.242 e. The zero-order valence-corrected chi connectivity index (χ0v) is 16.4. The van der Waals surface area contributed by atoms with Crippen LogP contribution in [0.4, 0.5) is 0 Å². The summed E-state index contributed by atoms with van der Waals surface area (Å²) in [5.74, 6) is -0.926. The molecular weight excluding hydrogens is 362 g/mol. The first kappa shape index (κ1) is 24.8. The number of nitrogens with two attached hydrogens (primary N) is 3. The van der Waals surface area contributed by atoms with E-state index in [0.29, 0.717) is 5.82 Å². The maximum atomic E-state index is 12.2. The fourth-order valence-corrected chi connectivity index (χ4v) is 2.26. The number of rotatable bonds is 7. The van der Waals surface area contributed by atoms with E-state index >= 15 is 0 Å². The molecule has 0 spiro atoms. The van der Waals surface area contributed by atoms with Crippen LogP contribution in [0.3, 0.4) is 0 Å². The van der Waals surface area contributed by atoms with Gasteiger partial charge in [-0.15, -0.1) is 0 Å². The van der Waals surface area contributed by atoms with Gasteiger partial charge in [0.2, 0.25) is 17.7 Å². The van der Waals surface area contributed by atoms with Crippen LogP contribution in [0.1, 0.15) is 6.42 Å². The second-order valence-corrected chi connectivity index (χ2v) is 5.15. The lowest BCUT2D eigenvalue weighted by Gasteiger charge is -2.16. The van der Waals surface area contributed by atoms with Crippen LogP contribution in [0.5, 0.6) is 0 Å². The molecule has 0 bridgehead atoms. The molecule has 0 unspecified atom stereocenters. The second kappa shape index (κ2) is 13.9. The van der Waals surface area contributed by atoms with Gasteiger partial charge in [0.05, 0.1) is 6.42 Å². The summed E-state index contributed by atoms with van der Waals surface area (Å²) in [6.45, 7) is -0.0313. The molecule has 28 heavy (non-hydrogen) atoms. The zero-order valence-electron chi connectivity index (χ0n) is 16.4. The van der Waals surface area contributed by atoms with E-state index < -0.39 is 23.8 Å². The van der Waals surface area contributed by atoms with Gasteiger partial charge in [-0.1, -0.05) is 30.3 Å². The molecule has 0 aliphatic carbocycles. The third-order valence-corrected chi connectivity index (χ3v) is 3.36. The Labute approximate surface area is 164 Å². The molecule has 0 aliphatic heterocycles. The first-order valence-electron chi connectivity index (χ1n) is 8.52. The number of primary amides is 1. The Balaban J connectivity index is 0.00000171. The third kappa shape index (κ3) is 7.98. The molecule has 10 nitrogen and oxygen atoms in total. The number of hydrogen-bond donors (Lipinski definition) is 5. The highest BCUT2D eigenvalue weighted by Crippen LogP contribution is 2.16. The average Bonchev–Trinajstić information content (AvgIpc) is 3.18. The summed E-state index contributed by atoms with van der Waals surface area (Å²) in [5.41, 5.74) is 15.0. The van der Waals surface area contributed by atoms with E-state index in [1.165, 1.54) is 21.1 Å². The SMILES string of the molecule is CN.CN.CNC(=O)[C@H](CC(N)=O)NC(=O)Cn1ccnc1-c1ccccc1. The van der Waals surface area contributed by atoms with Crippen molar-refractivity contribution >= 4 is 17.7 Å². The summed E-state index contributed by atoms with van der Waals surface area (Å²) in [7, 11) is 4.42. The topological polar surface area (TPSA) is 171 Å². The monoisotopic (exact) mass is 391 g/mol. The predicted octanol–water partition coefficient (Wildman–Crippen LogP) is -1.19. The number of nitrogens with zero attached hydrogens (tertiary/aromatic N) is 2. The first-order valence-corrected chi connectivity index (χ1v) is 8.52. The molecule has 2 rings (SSSR count). The lowest BCUT2D eigenvalue weighted by atomic mass is 10.2. The fraction of sp³-hybridized carbons (Fsp3) is 0.333. The lowest BCUT2D eigenvalue weighted by Crippen LogP contribution is -2.48. The van der Waals surface area contributed by atoms with Crippen LogP contribution in [-0.4, -0.2) is 54.5 Å². The number of hydrogen-bond acceptors (Lipinski definition) is 6. The molecule has 0 saturated carbocycles. The van der Waals surface area contributed by atoms with E-state index in [2.05, 4.69) is 27.1 Å².